The number of rotatable bonds is 6. The van der Waals surface area contributed by atoms with Gasteiger partial charge in [-0.05, 0) is 17.4 Å². The molecule has 0 bridgehead atoms. The maximum absolute atomic E-state index is 2.23. The summed E-state index contributed by atoms with van der Waals surface area (Å²) in [6, 6.07) is 21.6. The van der Waals surface area contributed by atoms with Gasteiger partial charge in [0, 0.05) is 11.5 Å². The molecule has 0 aliphatic carbocycles. The van der Waals surface area contributed by atoms with Gasteiger partial charge in [0.25, 0.3) is 0 Å². The van der Waals surface area contributed by atoms with Gasteiger partial charge in [-0.25, -0.2) is 0 Å². The van der Waals surface area contributed by atoms with Gasteiger partial charge in [0.15, 0.2) is 0 Å². The molecule has 2 aromatic carbocycles. The molecule has 0 fully saturated rings. The lowest BCUT2D eigenvalue weighted by atomic mass is 10.0. The van der Waals surface area contributed by atoms with Crippen molar-refractivity contribution in [2.75, 3.05) is 17.8 Å². The minimum Gasteiger partial charge on any atom is -0.165 e. The standard InChI is InChI=1S/C16H18S2/c1-17-12-13-18-16(14-8-4-2-5-9-14)15-10-6-3-7-11-15/h2-11,16H,12-13H2,1H3. The summed E-state index contributed by atoms with van der Waals surface area (Å²) in [5.41, 5.74) is 2.80. The van der Waals surface area contributed by atoms with E-state index in [1.54, 1.807) is 0 Å². The smallest absolute Gasteiger partial charge is 0.0546 e. The van der Waals surface area contributed by atoms with Crippen LogP contribution in [0.4, 0.5) is 0 Å². The van der Waals surface area contributed by atoms with Crippen LogP contribution >= 0.6 is 23.5 Å². The predicted octanol–water partition coefficient (Wildman–Crippen LogP) is 4.87. The minimum atomic E-state index is 0.458. The molecule has 0 nitrogen and oxygen atoms in total. The lowest BCUT2D eigenvalue weighted by Gasteiger charge is -2.17. The van der Waals surface area contributed by atoms with Gasteiger partial charge in [-0.3, -0.25) is 0 Å². The van der Waals surface area contributed by atoms with Gasteiger partial charge in [0.05, 0.1) is 5.25 Å². The highest BCUT2D eigenvalue weighted by atomic mass is 32.2. The summed E-state index contributed by atoms with van der Waals surface area (Å²) in [6.45, 7) is 0. The van der Waals surface area contributed by atoms with Crippen molar-refractivity contribution in [2.45, 2.75) is 5.25 Å². The van der Waals surface area contributed by atoms with Gasteiger partial charge in [-0.1, -0.05) is 60.7 Å². The second-order valence-electron chi connectivity index (χ2n) is 4.06. The Kier molecular flexibility index (Phi) is 5.69. The van der Waals surface area contributed by atoms with E-state index in [0.717, 1.165) is 0 Å². The molecule has 2 rings (SSSR count). The Balaban J connectivity index is 2.18. The Morgan fingerprint density at radius 1 is 0.778 bits per heavy atom. The van der Waals surface area contributed by atoms with Gasteiger partial charge in [-0.15, -0.1) is 11.8 Å². The second kappa shape index (κ2) is 7.55. The van der Waals surface area contributed by atoms with E-state index < -0.39 is 0 Å². The summed E-state index contributed by atoms with van der Waals surface area (Å²) in [5, 5.41) is 0.458. The van der Waals surface area contributed by atoms with E-state index in [9.17, 15) is 0 Å². The molecule has 0 radical (unpaired) electrons. The third kappa shape index (κ3) is 3.82. The van der Waals surface area contributed by atoms with Crippen molar-refractivity contribution < 1.29 is 0 Å². The van der Waals surface area contributed by atoms with Gasteiger partial charge < -0.3 is 0 Å². The summed E-state index contributed by atoms with van der Waals surface area (Å²) >= 11 is 3.94. The first-order chi connectivity index (χ1) is 8.92. The Labute approximate surface area is 118 Å². The fraction of sp³-hybridized carbons (Fsp3) is 0.250. The lowest BCUT2D eigenvalue weighted by molar-refractivity contribution is 1.15. The molecule has 0 saturated heterocycles. The average molecular weight is 274 g/mol. The van der Waals surface area contributed by atoms with E-state index in [1.165, 1.54) is 22.6 Å². The molecule has 94 valence electrons. The van der Waals surface area contributed by atoms with E-state index in [-0.39, 0.29) is 0 Å². The Morgan fingerprint density at radius 2 is 1.28 bits per heavy atom. The third-order valence-corrected chi connectivity index (χ3v) is 4.96. The van der Waals surface area contributed by atoms with Crippen molar-refractivity contribution >= 4 is 23.5 Å². The molecule has 0 saturated carbocycles. The highest BCUT2D eigenvalue weighted by Crippen LogP contribution is 2.35. The zero-order valence-corrected chi connectivity index (χ0v) is 12.2. The van der Waals surface area contributed by atoms with Crippen LogP contribution in [0.15, 0.2) is 60.7 Å². The summed E-state index contributed by atoms with van der Waals surface area (Å²) in [6.07, 6.45) is 2.17. The lowest BCUT2D eigenvalue weighted by Crippen LogP contribution is -1.98. The fourth-order valence-electron chi connectivity index (χ4n) is 1.89. The van der Waals surface area contributed by atoms with Crippen LogP contribution in [-0.4, -0.2) is 17.8 Å². The van der Waals surface area contributed by atoms with E-state index in [0.29, 0.717) is 5.25 Å². The van der Waals surface area contributed by atoms with Crippen LogP contribution in [0.5, 0.6) is 0 Å². The Bertz CT molecular complexity index is 400. The molecule has 0 aliphatic rings. The molecule has 0 aliphatic heterocycles. The molecule has 0 heterocycles. The van der Waals surface area contributed by atoms with E-state index in [4.69, 9.17) is 0 Å². The van der Waals surface area contributed by atoms with Crippen LogP contribution in [0.3, 0.4) is 0 Å². The monoisotopic (exact) mass is 274 g/mol. The number of benzene rings is 2. The molecular weight excluding hydrogens is 256 g/mol. The van der Waals surface area contributed by atoms with Crippen LogP contribution in [-0.2, 0) is 0 Å². The first kappa shape index (κ1) is 13.6. The normalized spacial score (nSPS) is 10.8. The zero-order valence-electron chi connectivity index (χ0n) is 10.6. The fourth-order valence-corrected chi connectivity index (χ4v) is 3.88. The molecule has 18 heavy (non-hydrogen) atoms. The van der Waals surface area contributed by atoms with Crippen molar-refractivity contribution in [3.05, 3.63) is 71.8 Å². The molecule has 0 unspecified atom stereocenters. The number of hydrogen-bond acceptors (Lipinski definition) is 2. The molecular formula is C16H18S2. The maximum Gasteiger partial charge on any atom is 0.0546 e. The SMILES string of the molecule is CSCCSC(c1ccccc1)c1ccccc1. The quantitative estimate of drug-likeness (QED) is 0.689. The molecule has 2 aromatic rings. The van der Waals surface area contributed by atoms with Crippen LogP contribution in [0.2, 0.25) is 0 Å². The van der Waals surface area contributed by atoms with Crippen molar-refractivity contribution in [1.82, 2.24) is 0 Å². The average Bonchev–Trinajstić information content (AvgIpc) is 2.46. The topological polar surface area (TPSA) is 0 Å². The second-order valence-corrected chi connectivity index (χ2v) is 6.26. The van der Waals surface area contributed by atoms with Crippen molar-refractivity contribution in [1.29, 1.82) is 0 Å². The minimum absolute atomic E-state index is 0.458. The largest absolute Gasteiger partial charge is 0.165 e. The first-order valence-electron chi connectivity index (χ1n) is 6.12. The zero-order chi connectivity index (χ0) is 12.6. The summed E-state index contributed by atoms with van der Waals surface area (Å²) in [4.78, 5) is 0. The predicted molar refractivity (Wildman–Crippen MR) is 85.6 cm³/mol. The van der Waals surface area contributed by atoms with Crippen LogP contribution < -0.4 is 0 Å². The van der Waals surface area contributed by atoms with Crippen LogP contribution in [0.25, 0.3) is 0 Å². The highest BCUT2D eigenvalue weighted by molar-refractivity contribution is 8.02. The number of thioether (sulfide) groups is 2. The Morgan fingerprint density at radius 3 is 1.72 bits per heavy atom. The van der Waals surface area contributed by atoms with Crippen LogP contribution in [0, 0.1) is 0 Å². The van der Waals surface area contributed by atoms with E-state index in [1.807, 2.05) is 23.5 Å². The van der Waals surface area contributed by atoms with Crippen molar-refractivity contribution in [3.8, 4) is 0 Å². The number of hydrogen-bond donors (Lipinski definition) is 0. The Hall–Kier alpha value is -0.860. The van der Waals surface area contributed by atoms with Gasteiger partial charge in [0.1, 0.15) is 0 Å². The van der Waals surface area contributed by atoms with Gasteiger partial charge in [-0.2, -0.15) is 11.8 Å². The summed E-state index contributed by atoms with van der Waals surface area (Å²) < 4.78 is 0. The molecule has 2 heteroatoms. The van der Waals surface area contributed by atoms with Crippen molar-refractivity contribution in [3.63, 3.8) is 0 Å². The summed E-state index contributed by atoms with van der Waals surface area (Å²) in [5.74, 6) is 2.40. The third-order valence-electron chi connectivity index (χ3n) is 2.78. The highest BCUT2D eigenvalue weighted by Gasteiger charge is 2.13. The van der Waals surface area contributed by atoms with Crippen LogP contribution in [0.1, 0.15) is 16.4 Å². The van der Waals surface area contributed by atoms with E-state index >= 15 is 0 Å². The molecule has 0 spiro atoms. The molecule has 0 amide bonds. The van der Waals surface area contributed by atoms with E-state index in [2.05, 4.69) is 66.9 Å². The molecule has 0 atom stereocenters. The maximum atomic E-state index is 2.23. The summed E-state index contributed by atoms with van der Waals surface area (Å²) in [7, 11) is 0. The molecule has 0 aromatic heterocycles. The van der Waals surface area contributed by atoms with Gasteiger partial charge >= 0.3 is 0 Å². The van der Waals surface area contributed by atoms with Crippen molar-refractivity contribution in [2.24, 2.45) is 0 Å². The molecule has 0 N–H and O–H groups in total. The first-order valence-corrected chi connectivity index (χ1v) is 8.56. The van der Waals surface area contributed by atoms with Gasteiger partial charge in [0.2, 0.25) is 0 Å².